The molecule has 1 aliphatic heterocycles. The first-order chi connectivity index (χ1) is 13.1. The lowest BCUT2D eigenvalue weighted by Crippen LogP contribution is -2.23. The van der Waals surface area contributed by atoms with Gasteiger partial charge in [0.2, 0.25) is 0 Å². The molecule has 0 radical (unpaired) electrons. The smallest absolute Gasteiger partial charge is 0.357 e. The Morgan fingerprint density at radius 1 is 1.22 bits per heavy atom. The minimum Gasteiger partial charge on any atom is -0.497 e. The van der Waals surface area contributed by atoms with Crippen molar-refractivity contribution in [2.75, 3.05) is 19.0 Å². The zero-order valence-corrected chi connectivity index (χ0v) is 16.2. The molecule has 142 valence electrons. The number of aromatic amines is 1. The number of benzene rings is 2. The van der Waals surface area contributed by atoms with Crippen molar-refractivity contribution >= 4 is 24.2 Å². The molecule has 0 amide bonds. The van der Waals surface area contributed by atoms with Crippen molar-refractivity contribution in [3.63, 3.8) is 0 Å². The van der Waals surface area contributed by atoms with Crippen molar-refractivity contribution < 1.29 is 18.3 Å². The third-order valence-electron chi connectivity index (χ3n) is 4.75. The fraction of sp³-hybridized carbons (Fsp3) is 0.300. The van der Waals surface area contributed by atoms with Crippen LogP contribution in [-0.2, 0) is 13.6 Å². The molecule has 2 N–H and O–H groups in total. The van der Waals surface area contributed by atoms with Crippen molar-refractivity contribution in [2.24, 2.45) is 0 Å². The van der Waals surface area contributed by atoms with E-state index in [4.69, 9.17) is 13.8 Å². The molecule has 1 aromatic heterocycles. The van der Waals surface area contributed by atoms with Crippen LogP contribution in [0.1, 0.15) is 24.7 Å². The maximum Gasteiger partial charge on any atom is 0.357 e. The molecule has 0 bridgehead atoms. The Balaban J connectivity index is 1.76. The van der Waals surface area contributed by atoms with Crippen LogP contribution >= 0.6 is 7.60 Å². The van der Waals surface area contributed by atoms with Crippen LogP contribution in [0.5, 0.6) is 5.75 Å². The highest BCUT2D eigenvalue weighted by molar-refractivity contribution is 7.54. The van der Waals surface area contributed by atoms with E-state index in [1.807, 2.05) is 61.7 Å². The number of para-hydroxylation sites is 1. The Kier molecular flexibility index (Phi) is 4.96. The van der Waals surface area contributed by atoms with Gasteiger partial charge in [-0.25, -0.2) is 0 Å². The first kappa shape index (κ1) is 18.1. The molecule has 1 saturated heterocycles. The molecule has 2 heterocycles. The quantitative estimate of drug-likeness (QED) is 0.582. The molecule has 2 aromatic carbocycles. The van der Waals surface area contributed by atoms with E-state index in [2.05, 4.69) is 10.3 Å². The van der Waals surface area contributed by atoms with E-state index in [1.165, 1.54) is 0 Å². The average Bonchev–Trinajstić information content (AvgIpc) is 3.10. The van der Waals surface area contributed by atoms with E-state index in [1.54, 1.807) is 7.11 Å². The first-order valence-corrected chi connectivity index (χ1v) is 10.6. The molecule has 1 fully saturated rings. The fourth-order valence-corrected chi connectivity index (χ4v) is 5.47. The van der Waals surface area contributed by atoms with E-state index >= 15 is 0 Å². The Morgan fingerprint density at radius 2 is 2.00 bits per heavy atom. The second kappa shape index (κ2) is 7.39. The van der Waals surface area contributed by atoms with Crippen LogP contribution in [0.2, 0.25) is 0 Å². The summed E-state index contributed by atoms with van der Waals surface area (Å²) in [4.78, 5) is 3.25. The number of rotatable bonds is 5. The van der Waals surface area contributed by atoms with Gasteiger partial charge in [0.15, 0.2) is 5.78 Å². The highest BCUT2D eigenvalue weighted by atomic mass is 31.2. The van der Waals surface area contributed by atoms with Gasteiger partial charge in [-0.15, -0.1) is 0 Å². The van der Waals surface area contributed by atoms with Gasteiger partial charge in [-0.3, -0.25) is 4.57 Å². The lowest BCUT2D eigenvalue weighted by Gasteiger charge is -2.33. The molecule has 0 unspecified atom stereocenters. The number of anilines is 1. The van der Waals surface area contributed by atoms with E-state index < -0.39 is 13.4 Å². The number of hydrogen-bond donors (Lipinski definition) is 2. The minimum atomic E-state index is -3.42. The molecule has 6 nitrogen and oxygen atoms in total. The van der Waals surface area contributed by atoms with Crippen molar-refractivity contribution in [2.45, 2.75) is 25.2 Å². The third-order valence-corrected chi connectivity index (χ3v) is 6.98. The molecule has 1 aliphatic rings. The van der Waals surface area contributed by atoms with Gasteiger partial charge >= 0.3 is 7.60 Å². The Hall–Kier alpha value is -2.27. The Morgan fingerprint density at radius 3 is 2.74 bits per heavy atom. The van der Waals surface area contributed by atoms with Crippen LogP contribution in [0.4, 0.5) is 5.69 Å². The fourth-order valence-electron chi connectivity index (χ4n) is 3.31. The molecule has 4 rings (SSSR count). The average molecular weight is 386 g/mol. The molecule has 0 aliphatic carbocycles. The topological polar surface area (TPSA) is 72.6 Å². The maximum atomic E-state index is 13.7. The van der Waals surface area contributed by atoms with Crippen molar-refractivity contribution in [3.05, 3.63) is 60.3 Å². The monoisotopic (exact) mass is 386 g/mol. The van der Waals surface area contributed by atoms with Gasteiger partial charge in [-0.05, 0) is 43.7 Å². The van der Waals surface area contributed by atoms with Crippen LogP contribution in [0, 0.1) is 0 Å². The SMILES string of the molecule is COc1ccc(N[C@H](c2c[nH]c3ccccc23)[P@]2(=O)OCC[C@@H](C)O2)cc1. The van der Waals surface area contributed by atoms with Gasteiger partial charge in [-0.1, -0.05) is 18.2 Å². The Bertz CT molecular complexity index is 970. The minimum absolute atomic E-state index is 0.116. The Labute approximate surface area is 158 Å². The van der Waals surface area contributed by atoms with Gasteiger partial charge in [0.25, 0.3) is 0 Å². The second-order valence-corrected chi connectivity index (χ2v) is 8.71. The zero-order chi connectivity index (χ0) is 18.9. The summed E-state index contributed by atoms with van der Waals surface area (Å²) in [6.07, 6.45) is 2.49. The molecule has 3 atom stereocenters. The zero-order valence-electron chi connectivity index (χ0n) is 15.3. The van der Waals surface area contributed by atoms with Crippen molar-refractivity contribution in [1.29, 1.82) is 0 Å². The van der Waals surface area contributed by atoms with Gasteiger partial charge < -0.3 is 24.1 Å². The van der Waals surface area contributed by atoms with E-state index in [9.17, 15) is 4.57 Å². The van der Waals surface area contributed by atoms with E-state index in [0.717, 1.165) is 34.3 Å². The third kappa shape index (κ3) is 3.61. The summed E-state index contributed by atoms with van der Waals surface area (Å²) in [6.45, 7) is 2.34. The van der Waals surface area contributed by atoms with Crippen LogP contribution in [0.15, 0.2) is 54.7 Å². The van der Waals surface area contributed by atoms with E-state index in [0.29, 0.717) is 6.61 Å². The highest BCUT2D eigenvalue weighted by Crippen LogP contribution is 2.64. The number of H-pyrrole nitrogens is 1. The summed E-state index contributed by atoms with van der Waals surface area (Å²) in [5.74, 6) is 0.138. The molecule has 0 saturated carbocycles. The summed E-state index contributed by atoms with van der Waals surface area (Å²) in [7, 11) is -1.79. The summed E-state index contributed by atoms with van der Waals surface area (Å²) < 4.78 is 30.5. The normalized spacial score (nSPS) is 23.9. The second-order valence-electron chi connectivity index (χ2n) is 6.64. The van der Waals surface area contributed by atoms with Gasteiger partial charge in [0, 0.05) is 28.4 Å². The highest BCUT2D eigenvalue weighted by Gasteiger charge is 2.42. The largest absolute Gasteiger partial charge is 0.497 e. The maximum absolute atomic E-state index is 13.7. The molecule has 3 aromatic rings. The number of methoxy groups -OCH3 is 1. The molecule has 27 heavy (non-hydrogen) atoms. The number of ether oxygens (including phenoxy) is 1. The lowest BCUT2D eigenvalue weighted by atomic mass is 10.1. The number of hydrogen-bond acceptors (Lipinski definition) is 5. The van der Waals surface area contributed by atoms with Gasteiger partial charge in [0.05, 0.1) is 19.8 Å². The molecular weight excluding hydrogens is 363 g/mol. The summed E-state index contributed by atoms with van der Waals surface area (Å²) >= 11 is 0. The van der Waals surface area contributed by atoms with Crippen LogP contribution < -0.4 is 10.1 Å². The van der Waals surface area contributed by atoms with Gasteiger partial charge in [0.1, 0.15) is 5.75 Å². The summed E-state index contributed by atoms with van der Waals surface area (Å²) in [6, 6.07) is 15.4. The van der Waals surface area contributed by atoms with Gasteiger partial charge in [-0.2, -0.15) is 0 Å². The number of nitrogens with one attached hydrogen (secondary N) is 2. The van der Waals surface area contributed by atoms with Crippen molar-refractivity contribution in [3.8, 4) is 5.75 Å². The standard InChI is InChI=1S/C20H23N2O4P/c1-14-11-12-25-27(23,26-14)20(22-15-7-9-16(24-2)10-8-15)18-13-21-19-6-4-3-5-17(18)19/h3-10,13-14,20-22H,11-12H2,1-2H3/t14-,20+,27+/m1/s1. The number of fused-ring (bicyclic) bond motifs is 1. The van der Waals surface area contributed by atoms with E-state index in [-0.39, 0.29) is 6.10 Å². The van der Waals surface area contributed by atoms with Crippen LogP contribution in [0.25, 0.3) is 10.9 Å². The molecular formula is C20H23N2O4P. The summed E-state index contributed by atoms with van der Waals surface area (Å²) in [5, 5.41) is 4.36. The first-order valence-electron chi connectivity index (χ1n) is 8.98. The van der Waals surface area contributed by atoms with Crippen molar-refractivity contribution in [1.82, 2.24) is 4.98 Å². The number of aromatic nitrogens is 1. The predicted molar refractivity (Wildman–Crippen MR) is 106 cm³/mol. The lowest BCUT2D eigenvalue weighted by molar-refractivity contribution is 0.0888. The van der Waals surface area contributed by atoms with Crippen LogP contribution in [-0.4, -0.2) is 24.8 Å². The van der Waals surface area contributed by atoms with Crippen LogP contribution in [0.3, 0.4) is 0 Å². The summed E-state index contributed by atoms with van der Waals surface area (Å²) in [5.41, 5.74) is 2.65. The molecule has 0 spiro atoms. The predicted octanol–water partition coefficient (Wildman–Crippen LogP) is 5.31. The molecule has 7 heteroatoms.